The molecule has 2 aliphatic heterocycles. The van der Waals surface area contributed by atoms with E-state index in [0.29, 0.717) is 23.8 Å². The lowest BCUT2D eigenvalue weighted by atomic mass is 9.90. The number of fused-ring (bicyclic) bond motifs is 3. The van der Waals surface area contributed by atoms with Crippen LogP contribution in [0.3, 0.4) is 0 Å². The standard InChI is InChI=1S/C25H29F3N6S/c1-15-11-21(35-32-15)33-13-18-8-9-19(14-33)22(18)29-24-30-23-20(3-2-10-34(23)31-24)17-6-4-16(5-7-17)12-25(26,27)28/h4-7,11,18-20,22H,2-3,8-10,12-14H2,1H3,(H,29,31)/t18-,19+,20?,22?. The van der Waals surface area contributed by atoms with Gasteiger partial charge in [-0.2, -0.15) is 22.5 Å². The van der Waals surface area contributed by atoms with Crippen LogP contribution in [0.1, 0.15) is 54.2 Å². The Morgan fingerprint density at radius 3 is 2.49 bits per heavy atom. The van der Waals surface area contributed by atoms with E-state index < -0.39 is 12.6 Å². The molecule has 1 N–H and O–H groups in total. The molecule has 4 atom stereocenters. The predicted molar refractivity (Wildman–Crippen MR) is 130 cm³/mol. The molecule has 1 aliphatic carbocycles. The Labute approximate surface area is 206 Å². The second-order valence-electron chi connectivity index (χ2n) is 10.2. The van der Waals surface area contributed by atoms with Crippen molar-refractivity contribution in [2.45, 2.75) is 63.7 Å². The Kier molecular flexibility index (Phi) is 5.74. The Bertz CT molecular complexity index is 1170. The average molecular weight is 503 g/mol. The maximum absolute atomic E-state index is 12.7. The monoisotopic (exact) mass is 502 g/mol. The van der Waals surface area contributed by atoms with E-state index in [0.717, 1.165) is 49.6 Å². The number of hydrogen-bond donors (Lipinski definition) is 1. The van der Waals surface area contributed by atoms with Crippen molar-refractivity contribution in [2.24, 2.45) is 11.8 Å². The largest absolute Gasteiger partial charge is 0.393 e. The molecule has 4 heterocycles. The molecule has 6 rings (SSSR count). The van der Waals surface area contributed by atoms with Gasteiger partial charge in [-0.1, -0.05) is 24.3 Å². The summed E-state index contributed by atoms with van der Waals surface area (Å²) in [6, 6.07) is 9.37. The number of nitrogens with zero attached hydrogens (tertiary/aromatic N) is 5. The lowest BCUT2D eigenvalue weighted by Gasteiger charge is -2.38. The van der Waals surface area contributed by atoms with Gasteiger partial charge in [-0.25, -0.2) is 4.68 Å². The van der Waals surface area contributed by atoms with Crippen LogP contribution in [0.4, 0.5) is 24.1 Å². The Morgan fingerprint density at radius 1 is 1.09 bits per heavy atom. The Balaban J connectivity index is 1.17. The molecule has 10 heteroatoms. The van der Waals surface area contributed by atoms with Gasteiger partial charge in [-0.3, -0.25) is 0 Å². The molecule has 0 amide bonds. The zero-order valence-electron chi connectivity index (χ0n) is 19.6. The summed E-state index contributed by atoms with van der Waals surface area (Å²) in [7, 11) is 0. The summed E-state index contributed by atoms with van der Waals surface area (Å²) in [5.41, 5.74) is 2.37. The SMILES string of the molecule is Cc1cc(N2C[C@H]3CC[C@@H](C2)C3Nc2nc3n(n2)CCCC3c2ccc(CC(F)(F)F)cc2)sn1. The Morgan fingerprint density at radius 2 is 1.83 bits per heavy atom. The summed E-state index contributed by atoms with van der Waals surface area (Å²) in [4.78, 5) is 7.38. The van der Waals surface area contributed by atoms with E-state index in [4.69, 9.17) is 10.1 Å². The number of hydrogen-bond acceptors (Lipinski definition) is 6. The van der Waals surface area contributed by atoms with Gasteiger partial charge in [0.05, 0.1) is 12.1 Å². The van der Waals surface area contributed by atoms with Gasteiger partial charge in [0.2, 0.25) is 5.95 Å². The van der Waals surface area contributed by atoms with Crippen molar-refractivity contribution in [3.05, 3.63) is 53.0 Å². The average Bonchev–Trinajstić information content (AvgIpc) is 3.48. The van der Waals surface area contributed by atoms with Gasteiger partial charge in [0.15, 0.2) is 0 Å². The first-order valence-electron chi connectivity index (χ1n) is 12.4. The van der Waals surface area contributed by atoms with Gasteiger partial charge in [0, 0.05) is 31.6 Å². The summed E-state index contributed by atoms with van der Waals surface area (Å²) in [6.07, 6.45) is -0.778. The van der Waals surface area contributed by atoms with Gasteiger partial charge >= 0.3 is 6.18 Å². The normalized spacial score (nSPS) is 26.1. The molecular formula is C25H29F3N6S. The molecule has 1 saturated carbocycles. The molecule has 1 aromatic carbocycles. The first-order valence-corrected chi connectivity index (χ1v) is 13.1. The van der Waals surface area contributed by atoms with Crippen LogP contribution in [0.25, 0.3) is 0 Å². The number of piperidine rings is 1. The van der Waals surface area contributed by atoms with E-state index >= 15 is 0 Å². The summed E-state index contributed by atoms with van der Waals surface area (Å²) >= 11 is 1.58. The summed E-state index contributed by atoms with van der Waals surface area (Å²) in [6.45, 7) is 4.91. The molecule has 0 spiro atoms. The third-order valence-corrected chi connectivity index (χ3v) is 8.66. The van der Waals surface area contributed by atoms with Crippen molar-refractivity contribution in [1.29, 1.82) is 0 Å². The lowest BCUT2D eigenvalue weighted by molar-refractivity contribution is -0.127. The molecule has 3 aliphatic rings. The van der Waals surface area contributed by atoms with E-state index in [2.05, 4.69) is 20.7 Å². The summed E-state index contributed by atoms with van der Waals surface area (Å²) in [5.74, 6) is 2.75. The van der Waals surface area contributed by atoms with Crippen molar-refractivity contribution in [3.63, 3.8) is 0 Å². The fraction of sp³-hybridized carbons (Fsp3) is 0.560. The number of benzene rings is 1. The van der Waals surface area contributed by atoms with Crippen molar-refractivity contribution in [1.82, 2.24) is 19.1 Å². The molecule has 6 nitrogen and oxygen atoms in total. The highest BCUT2D eigenvalue weighted by molar-refractivity contribution is 7.10. The van der Waals surface area contributed by atoms with Crippen LogP contribution in [0.5, 0.6) is 0 Å². The first kappa shape index (κ1) is 22.8. The number of nitrogens with one attached hydrogen (secondary N) is 1. The molecule has 2 unspecified atom stereocenters. The smallest absolute Gasteiger partial charge is 0.361 e. The van der Waals surface area contributed by atoms with Crippen LogP contribution in [-0.4, -0.2) is 44.4 Å². The molecule has 2 aromatic heterocycles. The molecular weight excluding hydrogens is 473 g/mol. The topological polar surface area (TPSA) is 58.9 Å². The highest BCUT2D eigenvalue weighted by Crippen LogP contribution is 2.41. The van der Waals surface area contributed by atoms with Gasteiger partial charge in [0.25, 0.3) is 0 Å². The van der Waals surface area contributed by atoms with Crippen molar-refractivity contribution in [2.75, 3.05) is 23.3 Å². The zero-order chi connectivity index (χ0) is 24.2. The number of anilines is 2. The highest BCUT2D eigenvalue weighted by Gasteiger charge is 2.43. The van der Waals surface area contributed by atoms with Crippen molar-refractivity contribution in [3.8, 4) is 0 Å². The van der Waals surface area contributed by atoms with Crippen LogP contribution in [0.2, 0.25) is 0 Å². The van der Waals surface area contributed by atoms with E-state index in [1.54, 1.807) is 23.7 Å². The van der Waals surface area contributed by atoms with E-state index in [1.807, 2.05) is 23.7 Å². The molecule has 2 fully saturated rings. The molecule has 3 aromatic rings. The van der Waals surface area contributed by atoms with Crippen LogP contribution in [0, 0.1) is 18.8 Å². The van der Waals surface area contributed by atoms with Crippen molar-refractivity contribution < 1.29 is 13.2 Å². The first-order chi connectivity index (χ1) is 16.8. The quantitative estimate of drug-likeness (QED) is 0.506. The minimum Gasteiger partial charge on any atom is -0.361 e. The van der Waals surface area contributed by atoms with Gasteiger partial charge < -0.3 is 10.2 Å². The molecule has 0 radical (unpaired) electrons. The minimum atomic E-state index is -4.19. The molecule has 186 valence electrons. The number of alkyl halides is 3. The summed E-state index contributed by atoms with van der Waals surface area (Å²) < 4.78 is 44.6. The second-order valence-corrected chi connectivity index (χ2v) is 11.0. The van der Waals surface area contributed by atoms with Gasteiger partial charge in [-0.05, 0) is 73.2 Å². The number of rotatable bonds is 5. The van der Waals surface area contributed by atoms with Gasteiger partial charge in [0.1, 0.15) is 10.8 Å². The minimum absolute atomic E-state index is 0.0554. The second kappa shape index (κ2) is 8.80. The Hall–Kier alpha value is -2.62. The molecule has 2 bridgehead atoms. The fourth-order valence-corrected chi connectivity index (χ4v) is 6.89. The number of aromatic nitrogens is 4. The van der Waals surface area contributed by atoms with Gasteiger partial charge in [-0.15, -0.1) is 5.10 Å². The fourth-order valence-electron chi connectivity index (χ4n) is 6.11. The third-order valence-electron chi connectivity index (χ3n) is 7.72. The van der Waals surface area contributed by atoms with Crippen LogP contribution in [-0.2, 0) is 13.0 Å². The van der Waals surface area contributed by atoms with E-state index in [-0.39, 0.29) is 11.5 Å². The molecule has 35 heavy (non-hydrogen) atoms. The lowest BCUT2D eigenvalue weighted by Crippen LogP contribution is -2.48. The maximum Gasteiger partial charge on any atom is 0.393 e. The highest BCUT2D eigenvalue weighted by atomic mass is 32.1. The van der Waals surface area contributed by atoms with Crippen LogP contribution >= 0.6 is 11.5 Å². The van der Waals surface area contributed by atoms with E-state index in [9.17, 15) is 13.2 Å². The number of aryl methyl sites for hydroxylation is 2. The third kappa shape index (κ3) is 4.64. The van der Waals surface area contributed by atoms with Crippen LogP contribution < -0.4 is 10.2 Å². The molecule has 1 saturated heterocycles. The van der Waals surface area contributed by atoms with Crippen molar-refractivity contribution >= 4 is 22.5 Å². The van der Waals surface area contributed by atoms with Crippen LogP contribution in [0.15, 0.2) is 30.3 Å². The number of halogens is 3. The van der Waals surface area contributed by atoms with E-state index in [1.165, 1.54) is 17.8 Å². The maximum atomic E-state index is 12.7. The predicted octanol–water partition coefficient (Wildman–Crippen LogP) is 5.40. The summed E-state index contributed by atoms with van der Waals surface area (Å²) in [5, 5.41) is 9.73. The zero-order valence-corrected chi connectivity index (χ0v) is 20.4.